The van der Waals surface area contributed by atoms with Gasteiger partial charge in [0, 0.05) is 11.6 Å². The highest BCUT2D eigenvalue weighted by atomic mass is 32.1. The lowest BCUT2D eigenvalue weighted by Crippen LogP contribution is -2.07. The zero-order chi connectivity index (χ0) is 10.7. The van der Waals surface area contributed by atoms with Crippen LogP contribution in [-0.2, 0) is 0 Å². The second-order valence-electron chi connectivity index (χ2n) is 2.91. The van der Waals surface area contributed by atoms with Gasteiger partial charge in [0.25, 0.3) is 5.56 Å². The molecule has 2 rings (SSSR count). The Morgan fingerprint density at radius 2 is 2.33 bits per heavy atom. The molecule has 2 aromatic heterocycles. The topological polar surface area (TPSA) is 45.8 Å². The van der Waals surface area contributed by atoms with Gasteiger partial charge >= 0.3 is 0 Å². The van der Waals surface area contributed by atoms with Crippen molar-refractivity contribution in [2.24, 2.45) is 0 Å². The first-order chi connectivity index (χ1) is 7.25. The van der Waals surface area contributed by atoms with E-state index in [2.05, 4.69) is 21.8 Å². The van der Waals surface area contributed by atoms with Crippen molar-refractivity contribution in [3.63, 3.8) is 0 Å². The lowest BCUT2D eigenvalue weighted by Gasteiger charge is -1.85. The minimum atomic E-state index is -0.169. The molecule has 1 N–H and O–H groups in total. The van der Waals surface area contributed by atoms with E-state index in [0.717, 1.165) is 5.01 Å². The Labute approximate surface area is 90.8 Å². The number of aromatic amines is 1. The van der Waals surface area contributed by atoms with Crippen LogP contribution in [0.5, 0.6) is 0 Å². The maximum Gasteiger partial charge on any atom is 0.263 e. The molecule has 0 aromatic carbocycles. The molecule has 2 aromatic rings. The van der Waals surface area contributed by atoms with Gasteiger partial charge in [-0.1, -0.05) is 5.92 Å². The summed E-state index contributed by atoms with van der Waals surface area (Å²) in [6, 6.07) is 3.43. The van der Waals surface area contributed by atoms with Crippen LogP contribution in [0.15, 0.2) is 28.5 Å². The number of aromatic nitrogens is 2. The molecule has 0 aliphatic heterocycles. The SMILES string of the molecule is Cc1nc(C#Cc2ccc[nH]c2=O)cs1. The molecule has 0 unspecified atom stereocenters. The van der Waals surface area contributed by atoms with Crippen molar-refractivity contribution in [3.8, 4) is 11.8 Å². The predicted octanol–water partition coefficient (Wildman–Crippen LogP) is 1.54. The average molecular weight is 216 g/mol. The van der Waals surface area contributed by atoms with Gasteiger partial charge in [-0.25, -0.2) is 4.98 Å². The highest BCUT2D eigenvalue weighted by Crippen LogP contribution is 2.06. The first-order valence-corrected chi connectivity index (χ1v) is 5.25. The summed E-state index contributed by atoms with van der Waals surface area (Å²) in [6.07, 6.45) is 1.58. The quantitative estimate of drug-likeness (QED) is 0.679. The van der Waals surface area contributed by atoms with Gasteiger partial charge in [0.15, 0.2) is 0 Å². The van der Waals surface area contributed by atoms with Crippen molar-refractivity contribution in [2.75, 3.05) is 0 Å². The largest absolute Gasteiger partial charge is 0.328 e. The second-order valence-corrected chi connectivity index (χ2v) is 3.98. The molecular weight excluding hydrogens is 208 g/mol. The van der Waals surface area contributed by atoms with E-state index >= 15 is 0 Å². The van der Waals surface area contributed by atoms with E-state index < -0.39 is 0 Å². The minimum Gasteiger partial charge on any atom is -0.328 e. The number of nitrogens with zero attached hydrogens (tertiary/aromatic N) is 1. The van der Waals surface area contributed by atoms with Gasteiger partial charge in [-0.3, -0.25) is 4.79 Å². The summed E-state index contributed by atoms with van der Waals surface area (Å²) < 4.78 is 0. The number of pyridine rings is 1. The number of rotatable bonds is 0. The fourth-order valence-electron chi connectivity index (χ4n) is 1.07. The summed E-state index contributed by atoms with van der Waals surface area (Å²) in [4.78, 5) is 18.0. The van der Waals surface area contributed by atoms with Crippen LogP contribution in [-0.4, -0.2) is 9.97 Å². The molecule has 15 heavy (non-hydrogen) atoms. The highest BCUT2D eigenvalue weighted by Gasteiger charge is 1.94. The molecule has 0 spiro atoms. The molecule has 0 aliphatic rings. The molecule has 0 amide bonds. The third-order valence-electron chi connectivity index (χ3n) is 1.76. The van der Waals surface area contributed by atoms with Gasteiger partial charge in [-0.05, 0) is 25.0 Å². The number of hydrogen-bond donors (Lipinski definition) is 1. The van der Waals surface area contributed by atoms with Crippen LogP contribution in [0.2, 0.25) is 0 Å². The van der Waals surface area contributed by atoms with Crippen LogP contribution in [0.25, 0.3) is 0 Å². The number of H-pyrrole nitrogens is 1. The first-order valence-electron chi connectivity index (χ1n) is 4.37. The fourth-order valence-corrected chi connectivity index (χ4v) is 1.62. The number of nitrogens with one attached hydrogen (secondary N) is 1. The number of aryl methyl sites for hydroxylation is 1. The van der Waals surface area contributed by atoms with Gasteiger partial charge in [-0.15, -0.1) is 11.3 Å². The van der Waals surface area contributed by atoms with E-state index in [-0.39, 0.29) is 5.56 Å². The summed E-state index contributed by atoms with van der Waals surface area (Å²) in [5.74, 6) is 5.64. The molecule has 2 heterocycles. The Balaban J connectivity index is 2.34. The summed E-state index contributed by atoms with van der Waals surface area (Å²) in [5, 5.41) is 2.85. The molecule has 0 bridgehead atoms. The monoisotopic (exact) mass is 216 g/mol. The van der Waals surface area contributed by atoms with Gasteiger partial charge in [0.05, 0.1) is 10.6 Å². The molecule has 0 saturated heterocycles. The fraction of sp³-hybridized carbons (Fsp3) is 0.0909. The zero-order valence-electron chi connectivity index (χ0n) is 8.07. The Hall–Kier alpha value is -1.86. The van der Waals surface area contributed by atoms with E-state index in [0.29, 0.717) is 11.3 Å². The lowest BCUT2D eigenvalue weighted by atomic mass is 10.3. The van der Waals surface area contributed by atoms with Crippen molar-refractivity contribution < 1.29 is 0 Å². The Bertz CT molecular complexity index is 586. The van der Waals surface area contributed by atoms with Crippen LogP contribution in [0, 0.1) is 18.8 Å². The molecule has 0 atom stereocenters. The predicted molar refractivity (Wildman–Crippen MR) is 59.9 cm³/mol. The van der Waals surface area contributed by atoms with Crippen molar-refractivity contribution in [3.05, 3.63) is 50.3 Å². The summed E-state index contributed by atoms with van der Waals surface area (Å²) >= 11 is 1.54. The third kappa shape index (κ3) is 2.33. The molecule has 0 radical (unpaired) electrons. The van der Waals surface area contributed by atoms with Crippen molar-refractivity contribution in [1.29, 1.82) is 0 Å². The molecule has 74 valence electrons. The van der Waals surface area contributed by atoms with Gasteiger partial charge in [0.2, 0.25) is 0 Å². The van der Waals surface area contributed by atoms with Gasteiger partial charge < -0.3 is 4.98 Å². The van der Waals surface area contributed by atoms with Gasteiger partial charge in [-0.2, -0.15) is 0 Å². The Kier molecular flexibility index (Phi) is 2.66. The molecule has 0 saturated carbocycles. The molecule has 3 nitrogen and oxygen atoms in total. The van der Waals surface area contributed by atoms with E-state index in [4.69, 9.17) is 0 Å². The van der Waals surface area contributed by atoms with Gasteiger partial charge in [0.1, 0.15) is 5.69 Å². The summed E-state index contributed by atoms with van der Waals surface area (Å²) in [5.41, 5.74) is 1.00. The smallest absolute Gasteiger partial charge is 0.263 e. The Morgan fingerprint density at radius 3 is 3.00 bits per heavy atom. The van der Waals surface area contributed by atoms with Crippen LogP contribution < -0.4 is 5.56 Å². The van der Waals surface area contributed by atoms with Crippen LogP contribution in [0.3, 0.4) is 0 Å². The zero-order valence-corrected chi connectivity index (χ0v) is 8.89. The average Bonchev–Trinajstić information content (AvgIpc) is 2.63. The van der Waals surface area contributed by atoms with Crippen molar-refractivity contribution >= 4 is 11.3 Å². The number of hydrogen-bond acceptors (Lipinski definition) is 3. The van der Waals surface area contributed by atoms with Crippen molar-refractivity contribution in [1.82, 2.24) is 9.97 Å². The summed E-state index contributed by atoms with van der Waals surface area (Å²) in [6.45, 7) is 1.92. The van der Waals surface area contributed by atoms with Crippen molar-refractivity contribution in [2.45, 2.75) is 6.92 Å². The lowest BCUT2D eigenvalue weighted by molar-refractivity contribution is 1.22. The third-order valence-corrected chi connectivity index (χ3v) is 2.54. The first kappa shape index (κ1) is 9.69. The highest BCUT2D eigenvalue weighted by molar-refractivity contribution is 7.09. The van der Waals surface area contributed by atoms with E-state index in [9.17, 15) is 4.79 Å². The second kappa shape index (κ2) is 4.11. The standard InChI is InChI=1S/C11H8N2OS/c1-8-13-10(7-15-8)5-4-9-3-2-6-12-11(9)14/h2-3,6-7H,1H3,(H,12,14). The maximum absolute atomic E-state index is 11.3. The van der Waals surface area contributed by atoms with E-state index in [1.54, 1.807) is 29.7 Å². The summed E-state index contributed by atoms with van der Waals surface area (Å²) in [7, 11) is 0. The van der Waals surface area contributed by atoms with Crippen LogP contribution >= 0.6 is 11.3 Å². The van der Waals surface area contributed by atoms with Crippen LogP contribution in [0.4, 0.5) is 0 Å². The normalized spacial score (nSPS) is 9.40. The molecule has 4 heteroatoms. The molecular formula is C11H8N2OS. The van der Waals surface area contributed by atoms with E-state index in [1.165, 1.54) is 0 Å². The minimum absolute atomic E-state index is 0.169. The van der Waals surface area contributed by atoms with Crippen LogP contribution in [0.1, 0.15) is 16.3 Å². The van der Waals surface area contributed by atoms with E-state index in [1.807, 2.05) is 12.3 Å². The Morgan fingerprint density at radius 1 is 1.47 bits per heavy atom. The molecule has 0 aliphatic carbocycles. The number of thiazole rings is 1. The maximum atomic E-state index is 11.3. The molecule has 0 fully saturated rings.